The van der Waals surface area contributed by atoms with Crippen molar-refractivity contribution in [2.24, 2.45) is 5.92 Å². The highest BCUT2D eigenvalue weighted by atomic mass is 16.5. The smallest absolute Gasteiger partial charge is 0.252 e. The number of morpholine rings is 1. The summed E-state index contributed by atoms with van der Waals surface area (Å²) >= 11 is 0. The summed E-state index contributed by atoms with van der Waals surface area (Å²) < 4.78 is 5.32. The molecular weight excluding hydrogens is 318 g/mol. The van der Waals surface area contributed by atoms with Crippen LogP contribution in [0.4, 0.5) is 0 Å². The highest BCUT2D eigenvalue weighted by molar-refractivity contribution is 5.97. The van der Waals surface area contributed by atoms with Crippen LogP contribution < -0.4 is 10.6 Å². The van der Waals surface area contributed by atoms with Crippen molar-refractivity contribution >= 4 is 11.8 Å². The highest BCUT2D eigenvalue weighted by Crippen LogP contribution is 2.09. The maximum atomic E-state index is 12.6. The molecule has 6 heteroatoms. The highest BCUT2D eigenvalue weighted by Gasteiger charge is 2.26. The molecule has 2 atom stereocenters. The monoisotopic (exact) mass is 345 g/mol. The minimum absolute atomic E-state index is 0.0478. The van der Waals surface area contributed by atoms with E-state index in [2.05, 4.69) is 27.7 Å². The van der Waals surface area contributed by atoms with E-state index in [1.807, 2.05) is 13.8 Å². The van der Waals surface area contributed by atoms with Gasteiger partial charge >= 0.3 is 0 Å². The van der Waals surface area contributed by atoms with Gasteiger partial charge in [0.05, 0.1) is 13.2 Å². The Hall–Kier alpha value is -2.10. The number of carbonyl (C=O) groups excluding carboxylic acids is 2. The zero-order valence-electron chi connectivity index (χ0n) is 15.0. The number of carbonyl (C=O) groups is 2. The molecule has 1 heterocycles. The fourth-order valence-corrected chi connectivity index (χ4v) is 2.69. The molecule has 0 radical (unpaired) electrons. The Kier molecular flexibility index (Phi) is 7.71. The maximum Gasteiger partial charge on any atom is 0.252 e. The molecule has 1 aromatic rings. The number of nitrogens with zero attached hydrogens (tertiary/aromatic N) is 1. The number of hydrogen-bond acceptors (Lipinski definition) is 4. The van der Waals surface area contributed by atoms with E-state index in [1.54, 1.807) is 18.2 Å². The first kappa shape index (κ1) is 19.2. The molecule has 0 aliphatic carbocycles. The van der Waals surface area contributed by atoms with Crippen molar-refractivity contribution in [1.82, 2.24) is 15.5 Å². The van der Waals surface area contributed by atoms with E-state index >= 15 is 0 Å². The fourth-order valence-electron chi connectivity index (χ4n) is 2.69. The molecule has 1 saturated heterocycles. The Morgan fingerprint density at radius 2 is 2.08 bits per heavy atom. The Balaban J connectivity index is 1.87. The van der Waals surface area contributed by atoms with Crippen LogP contribution in [0.15, 0.2) is 18.2 Å². The second-order valence-corrected chi connectivity index (χ2v) is 6.30. The van der Waals surface area contributed by atoms with Crippen LogP contribution >= 0.6 is 0 Å². The molecule has 2 rings (SSSR count). The molecule has 25 heavy (non-hydrogen) atoms. The largest absolute Gasteiger partial charge is 0.379 e. The van der Waals surface area contributed by atoms with Crippen LogP contribution in [0.5, 0.6) is 0 Å². The lowest BCUT2D eigenvalue weighted by atomic mass is 9.98. The lowest BCUT2D eigenvalue weighted by Gasteiger charge is -2.27. The third-order valence-electron chi connectivity index (χ3n) is 4.53. The number of amides is 2. The first-order valence-electron chi connectivity index (χ1n) is 8.88. The first-order valence-corrected chi connectivity index (χ1v) is 8.88. The SMILES string of the molecule is CCC(C)C(NC(=O)c1cc#ccc1)C(=O)NCCN1CCOCC1. The Morgan fingerprint density at radius 3 is 2.72 bits per heavy atom. The molecule has 2 amide bonds. The number of rotatable bonds is 8. The third kappa shape index (κ3) is 6.04. The summed E-state index contributed by atoms with van der Waals surface area (Å²) in [5, 5.41) is 5.81. The van der Waals surface area contributed by atoms with Gasteiger partial charge < -0.3 is 15.4 Å². The van der Waals surface area contributed by atoms with Crippen LogP contribution in [0.3, 0.4) is 0 Å². The first-order chi connectivity index (χ1) is 12.1. The Morgan fingerprint density at radius 1 is 1.32 bits per heavy atom. The van der Waals surface area contributed by atoms with Gasteiger partial charge in [-0.05, 0) is 18.1 Å². The number of nitrogens with one attached hydrogen (secondary N) is 2. The minimum atomic E-state index is -0.550. The van der Waals surface area contributed by atoms with Gasteiger partial charge in [-0.1, -0.05) is 32.4 Å². The van der Waals surface area contributed by atoms with Gasteiger partial charge in [0.2, 0.25) is 5.91 Å². The summed E-state index contributed by atoms with van der Waals surface area (Å²) in [6.45, 7) is 8.60. The fraction of sp³-hybridized carbons (Fsp3) is 0.579. The van der Waals surface area contributed by atoms with E-state index < -0.39 is 6.04 Å². The summed E-state index contributed by atoms with van der Waals surface area (Å²) in [5.74, 6) is -0.354. The van der Waals surface area contributed by atoms with E-state index in [-0.39, 0.29) is 17.7 Å². The van der Waals surface area contributed by atoms with E-state index in [4.69, 9.17) is 4.74 Å². The topological polar surface area (TPSA) is 70.7 Å². The summed E-state index contributed by atoms with van der Waals surface area (Å²) in [7, 11) is 0. The standard InChI is InChI=1S/C19H27N3O3/c1-3-15(2)17(21-18(23)16-7-5-4-6-8-16)19(24)20-9-10-22-11-13-25-14-12-22/h5,7-8,15,17H,3,9-14H2,1-2H3,(H,20,24)(H,21,23). The van der Waals surface area contributed by atoms with Crippen molar-refractivity contribution in [2.75, 3.05) is 39.4 Å². The maximum absolute atomic E-state index is 12.6. The third-order valence-corrected chi connectivity index (χ3v) is 4.53. The predicted molar refractivity (Wildman–Crippen MR) is 95.1 cm³/mol. The Bertz CT molecular complexity index is 544. The van der Waals surface area contributed by atoms with Crippen molar-refractivity contribution in [3.05, 3.63) is 35.9 Å². The van der Waals surface area contributed by atoms with E-state index in [9.17, 15) is 9.59 Å². The van der Waals surface area contributed by atoms with Gasteiger partial charge in [-0.25, -0.2) is 0 Å². The molecular formula is C19H27N3O3. The lowest BCUT2D eigenvalue weighted by Crippen LogP contribution is -2.51. The van der Waals surface area contributed by atoms with Crippen LogP contribution in [0, 0.1) is 18.1 Å². The van der Waals surface area contributed by atoms with E-state index in [1.165, 1.54) is 0 Å². The van der Waals surface area contributed by atoms with Crippen molar-refractivity contribution in [3.8, 4) is 0 Å². The summed E-state index contributed by atoms with van der Waals surface area (Å²) in [5.41, 5.74) is 0.480. The van der Waals surface area contributed by atoms with Gasteiger partial charge in [0.15, 0.2) is 0 Å². The minimum Gasteiger partial charge on any atom is -0.379 e. The van der Waals surface area contributed by atoms with Crippen LogP contribution in [0.1, 0.15) is 30.6 Å². The summed E-state index contributed by atoms with van der Waals surface area (Å²) in [6, 6.07) is 9.83. The predicted octanol–water partition coefficient (Wildman–Crippen LogP) is 0.880. The average molecular weight is 345 g/mol. The van der Waals surface area contributed by atoms with Crippen LogP contribution in [-0.2, 0) is 9.53 Å². The van der Waals surface area contributed by atoms with Gasteiger partial charge in [-0.15, -0.1) is 0 Å². The average Bonchev–Trinajstić information content (AvgIpc) is 2.66. The summed E-state index contributed by atoms with van der Waals surface area (Å²) in [6.07, 6.45) is 0.802. The van der Waals surface area contributed by atoms with Gasteiger partial charge in [0.1, 0.15) is 6.04 Å². The molecule has 1 aliphatic rings. The van der Waals surface area contributed by atoms with Crippen LogP contribution in [-0.4, -0.2) is 62.1 Å². The quantitative estimate of drug-likeness (QED) is 0.734. The second-order valence-electron chi connectivity index (χ2n) is 6.30. The zero-order chi connectivity index (χ0) is 18.1. The second kappa shape index (κ2) is 10.0. The molecule has 0 spiro atoms. The van der Waals surface area contributed by atoms with Crippen molar-refractivity contribution in [3.63, 3.8) is 0 Å². The molecule has 1 aliphatic heterocycles. The zero-order valence-corrected chi connectivity index (χ0v) is 15.0. The van der Waals surface area contributed by atoms with E-state index in [0.717, 1.165) is 39.3 Å². The van der Waals surface area contributed by atoms with E-state index in [0.29, 0.717) is 12.1 Å². The molecule has 6 nitrogen and oxygen atoms in total. The van der Waals surface area contributed by atoms with Gasteiger partial charge in [-0.2, -0.15) is 0 Å². The molecule has 2 unspecified atom stereocenters. The van der Waals surface area contributed by atoms with Gasteiger partial charge in [0, 0.05) is 37.8 Å². The van der Waals surface area contributed by atoms with Gasteiger partial charge in [0.25, 0.3) is 5.91 Å². The van der Waals surface area contributed by atoms with Crippen LogP contribution in [0.2, 0.25) is 0 Å². The van der Waals surface area contributed by atoms with Crippen molar-refractivity contribution < 1.29 is 14.3 Å². The molecule has 2 N–H and O–H groups in total. The molecule has 1 aromatic carbocycles. The lowest BCUT2D eigenvalue weighted by molar-refractivity contribution is -0.124. The summed E-state index contributed by atoms with van der Waals surface area (Å²) in [4.78, 5) is 27.2. The Labute approximate surface area is 149 Å². The molecule has 136 valence electrons. The number of ether oxygens (including phenoxy) is 1. The van der Waals surface area contributed by atoms with Crippen LogP contribution in [0.25, 0.3) is 0 Å². The van der Waals surface area contributed by atoms with Crippen molar-refractivity contribution in [1.29, 1.82) is 0 Å². The molecule has 0 saturated carbocycles. The normalized spacial score (nSPS) is 17.2. The van der Waals surface area contributed by atoms with Crippen molar-refractivity contribution in [2.45, 2.75) is 26.3 Å². The molecule has 0 aromatic heterocycles. The number of hydrogen-bond donors (Lipinski definition) is 2. The van der Waals surface area contributed by atoms with Gasteiger partial charge in [-0.3, -0.25) is 14.5 Å². The molecule has 1 fully saturated rings. The molecule has 0 bridgehead atoms.